The molecule has 0 unspecified atom stereocenters. The number of sulfonamides is 1. The van der Waals surface area contributed by atoms with Crippen LogP contribution in [0.25, 0.3) is 11.1 Å². The Morgan fingerprint density at radius 3 is 2.54 bits per heavy atom. The van der Waals surface area contributed by atoms with Crippen LogP contribution in [0, 0.1) is 13.8 Å². The van der Waals surface area contributed by atoms with E-state index in [1.807, 2.05) is 12.1 Å². The number of aromatic nitrogens is 1. The van der Waals surface area contributed by atoms with Crippen molar-refractivity contribution in [3.8, 4) is 16.9 Å². The highest BCUT2D eigenvalue weighted by Crippen LogP contribution is 2.41. The molecule has 0 atom stereocenters. The van der Waals surface area contributed by atoms with Crippen LogP contribution >= 0.6 is 11.6 Å². The number of rotatable bonds is 10. The second-order valence-corrected chi connectivity index (χ2v) is 12.8. The third-order valence-electron chi connectivity index (χ3n) is 8.04. The predicted molar refractivity (Wildman–Crippen MR) is 159 cm³/mol. The first-order valence-electron chi connectivity index (χ1n) is 13.9. The van der Waals surface area contributed by atoms with Gasteiger partial charge in [-0.15, -0.1) is 0 Å². The van der Waals surface area contributed by atoms with Crippen molar-refractivity contribution in [1.29, 1.82) is 0 Å². The molecule has 1 aliphatic carbocycles. The molecule has 1 aliphatic heterocycles. The molecule has 41 heavy (non-hydrogen) atoms. The van der Waals surface area contributed by atoms with Crippen LogP contribution in [-0.2, 0) is 21.4 Å². The molecular weight excluding hydrogens is 564 g/mol. The summed E-state index contributed by atoms with van der Waals surface area (Å²) < 4.78 is 40.0. The Morgan fingerprint density at radius 2 is 1.90 bits per heavy atom. The first-order chi connectivity index (χ1) is 19.6. The molecule has 1 N–H and O–H groups in total. The van der Waals surface area contributed by atoms with E-state index in [0.717, 1.165) is 56.3 Å². The molecule has 5 rings (SSSR count). The molecule has 2 heterocycles. The van der Waals surface area contributed by atoms with E-state index in [9.17, 15) is 13.2 Å². The standard InChI is InChI=1S/C30H35ClN4O5S/c1-5-6-9-27-32-30(14-7-8-15-30)29(36)35(27)18-22-11-10-21(16-25(22)31)24-17-23(39-4)12-13-26(24)41(37,38)34-28-19(2)20(3)40-33-28/h10-13,16-17H,5-9,14-15,18H2,1-4H3,(H,33,34). The van der Waals surface area contributed by atoms with E-state index in [1.54, 1.807) is 36.9 Å². The molecule has 2 aliphatic rings. The summed E-state index contributed by atoms with van der Waals surface area (Å²) >= 11 is 6.81. The molecule has 11 heteroatoms. The Labute approximate surface area is 246 Å². The number of aryl methyl sites for hydroxylation is 1. The molecule has 1 aromatic heterocycles. The van der Waals surface area contributed by atoms with E-state index < -0.39 is 15.6 Å². The number of carbonyl (C=O) groups is 1. The molecular formula is C30H35ClN4O5S. The zero-order valence-electron chi connectivity index (χ0n) is 23.8. The second kappa shape index (κ2) is 11.5. The van der Waals surface area contributed by atoms with Crippen molar-refractivity contribution in [3.63, 3.8) is 0 Å². The smallest absolute Gasteiger partial charge is 0.263 e. The van der Waals surface area contributed by atoms with Gasteiger partial charge in [0.05, 0.1) is 18.6 Å². The highest BCUT2D eigenvalue weighted by Gasteiger charge is 2.49. The Hall–Kier alpha value is -3.37. The first kappa shape index (κ1) is 29.1. The third-order valence-corrected chi connectivity index (χ3v) is 9.79. The van der Waals surface area contributed by atoms with Gasteiger partial charge in [-0.25, -0.2) is 8.42 Å². The normalized spacial score (nSPS) is 16.5. The average molecular weight is 599 g/mol. The number of benzene rings is 2. The van der Waals surface area contributed by atoms with Crippen LogP contribution in [0.1, 0.15) is 68.8 Å². The van der Waals surface area contributed by atoms with Crippen LogP contribution in [0.15, 0.2) is 50.8 Å². The molecule has 0 radical (unpaired) electrons. The van der Waals surface area contributed by atoms with Gasteiger partial charge in [-0.3, -0.25) is 19.4 Å². The highest BCUT2D eigenvalue weighted by molar-refractivity contribution is 7.92. The van der Waals surface area contributed by atoms with E-state index >= 15 is 0 Å². The van der Waals surface area contributed by atoms with Gasteiger partial charge < -0.3 is 9.26 Å². The number of amidine groups is 1. The number of unbranched alkanes of at least 4 members (excludes halogenated alkanes) is 1. The van der Waals surface area contributed by atoms with Crippen LogP contribution in [0.2, 0.25) is 5.02 Å². The molecule has 1 saturated carbocycles. The van der Waals surface area contributed by atoms with E-state index in [2.05, 4.69) is 16.8 Å². The Bertz CT molecular complexity index is 1610. The number of hydrogen-bond donors (Lipinski definition) is 1. The van der Waals surface area contributed by atoms with Crippen molar-refractivity contribution in [2.24, 2.45) is 4.99 Å². The number of amides is 1. The summed E-state index contributed by atoms with van der Waals surface area (Å²) in [5, 5.41) is 4.27. The maximum atomic E-state index is 13.6. The van der Waals surface area contributed by atoms with Gasteiger partial charge in [-0.05, 0) is 68.5 Å². The molecule has 2 aromatic carbocycles. The summed E-state index contributed by atoms with van der Waals surface area (Å²) in [5.74, 6) is 2.05. The van der Waals surface area contributed by atoms with Crippen molar-refractivity contribution in [1.82, 2.24) is 10.1 Å². The number of hydrogen-bond acceptors (Lipinski definition) is 7. The minimum absolute atomic E-state index is 0.0362. The van der Waals surface area contributed by atoms with Crippen molar-refractivity contribution in [2.45, 2.75) is 82.7 Å². The summed E-state index contributed by atoms with van der Waals surface area (Å²) in [4.78, 5) is 20.4. The lowest BCUT2D eigenvalue weighted by Gasteiger charge is -2.23. The van der Waals surface area contributed by atoms with E-state index in [4.69, 9.17) is 25.9 Å². The SMILES string of the molecule is CCCCC1=NC2(CCCC2)C(=O)N1Cc1ccc(-c2cc(OC)ccc2S(=O)(=O)Nc2noc(C)c2C)cc1Cl. The fourth-order valence-corrected chi connectivity index (χ4v) is 7.01. The quantitative estimate of drug-likeness (QED) is 0.279. The Balaban J connectivity index is 1.47. The molecule has 1 fully saturated rings. The third kappa shape index (κ3) is 5.59. The molecule has 1 spiro atoms. The average Bonchev–Trinajstić information content (AvgIpc) is 3.63. The fraction of sp³-hybridized carbons (Fsp3) is 0.433. The summed E-state index contributed by atoms with van der Waals surface area (Å²) in [5.41, 5.74) is 1.75. The largest absolute Gasteiger partial charge is 0.497 e. The highest BCUT2D eigenvalue weighted by atomic mass is 35.5. The van der Waals surface area contributed by atoms with Gasteiger partial charge >= 0.3 is 0 Å². The fourth-order valence-electron chi connectivity index (χ4n) is 5.50. The van der Waals surface area contributed by atoms with Crippen molar-refractivity contribution >= 4 is 39.2 Å². The number of carbonyl (C=O) groups excluding carboxylic acids is 1. The summed E-state index contributed by atoms with van der Waals surface area (Å²) in [6, 6.07) is 10.1. The topological polar surface area (TPSA) is 114 Å². The van der Waals surface area contributed by atoms with Gasteiger partial charge in [0.15, 0.2) is 5.82 Å². The van der Waals surface area contributed by atoms with Gasteiger partial charge in [0.1, 0.15) is 22.9 Å². The number of aliphatic imine (C=N–C) groups is 1. The predicted octanol–water partition coefficient (Wildman–Crippen LogP) is 6.66. The molecule has 218 valence electrons. The number of nitrogens with one attached hydrogen (secondary N) is 1. The van der Waals surface area contributed by atoms with Crippen LogP contribution in [0.4, 0.5) is 5.82 Å². The van der Waals surface area contributed by atoms with Crippen LogP contribution in [0.5, 0.6) is 5.75 Å². The lowest BCUT2D eigenvalue weighted by Crippen LogP contribution is -2.40. The summed E-state index contributed by atoms with van der Waals surface area (Å²) in [7, 11) is -2.53. The zero-order valence-corrected chi connectivity index (χ0v) is 25.4. The Morgan fingerprint density at radius 1 is 1.15 bits per heavy atom. The monoisotopic (exact) mass is 598 g/mol. The van der Waals surface area contributed by atoms with Crippen molar-refractivity contribution < 1.29 is 22.5 Å². The van der Waals surface area contributed by atoms with Crippen molar-refractivity contribution in [2.75, 3.05) is 11.8 Å². The maximum Gasteiger partial charge on any atom is 0.263 e. The minimum atomic E-state index is -4.04. The van der Waals surface area contributed by atoms with Crippen LogP contribution in [0.3, 0.4) is 0 Å². The van der Waals surface area contributed by atoms with E-state index in [0.29, 0.717) is 39.8 Å². The van der Waals surface area contributed by atoms with Crippen LogP contribution < -0.4 is 9.46 Å². The molecule has 3 aromatic rings. The number of nitrogens with zero attached hydrogens (tertiary/aromatic N) is 3. The second-order valence-electron chi connectivity index (χ2n) is 10.7. The van der Waals surface area contributed by atoms with Gasteiger partial charge in [0, 0.05) is 22.6 Å². The summed E-state index contributed by atoms with van der Waals surface area (Å²) in [6.45, 7) is 5.89. The zero-order chi connectivity index (χ0) is 29.4. The first-order valence-corrected chi connectivity index (χ1v) is 15.8. The molecule has 9 nitrogen and oxygen atoms in total. The minimum Gasteiger partial charge on any atom is -0.497 e. The number of ether oxygens (including phenoxy) is 1. The van der Waals surface area contributed by atoms with Crippen LogP contribution in [-0.4, -0.2) is 42.9 Å². The van der Waals surface area contributed by atoms with E-state index in [-0.39, 0.29) is 16.6 Å². The lowest BCUT2D eigenvalue weighted by atomic mass is 9.98. The van der Waals surface area contributed by atoms with Crippen molar-refractivity contribution in [3.05, 3.63) is 58.3 Å². The Kier molecular flexibility index (Phi) is 8.16. The van der Waals surface area contributed by atoms with Gasteiger partial charge in [-0.2, -0.15) is 0 Å². The molecule has 0 saturated heterocycles. The van der Waals surface area contributed by atoms with Gasteiger partial charge in [0.2, 0.25) is 0 Å². The lowest BCUT2D eigenvalue weighted by molar-refractivity contribution is -0.131. The number of halogens is 1. The maximum absolute atomic E-state index is 13.6. The van der Waals surface area contributed by atoms with Gasteiger partial charge in [0.25, 0.3) is 15.9 Å². The van der Waals surface area contributed by atoms with Gasteiger partial charge in [-0.1, -0.05) is 55.1 Å². The van der Waals surface area contributed by atoms with E-state index in [1.165, 1.54) is 13.2 Å². The summed E-state index contributed by atoms with van der Waals surface area (Å²) in [6.07, 6.45) is 6.33. The number of methoxy groups -OCH3 is 1. The molecule has 0 bridgehead atoms. The molecule has 1 amide bonds. The number of anilines is 1.